The molecule has 2 aliphatic rings. The van der Waals surface area contributed by atoms with Crippen LogP contribution in [0.1, 0.15) is 13.8 Å². The molecule has 0 aromatic heterocycles. The molecule has 1 heterocycles. The van der Waals surface area contributed by atoms with Gasteiger partial charge in [-0.1, -0.05) is 6.08 Å². The van der Waals surface area contributed by atoms with E-state index >= 15 is 0 Å². The van der Waals surface area contributed by atoms with E-state index in [1.165, 1.54) is 0 Å². The summed E-state index contributed by atoms with van der Waals surface area (Å²) in [7, 11) is 2.19. The number of rotatable bonds is 3. The lowest BCUT2D eigenvalue weighted by atomic mass is 9.94. The molecule has 1 aliphatic heterocycles. The Morgan fingerprint density at radius 1 is 1.54 bits per heavy atom. The van der Waals surface area contributed by atoms with E-state index < -0.39 is 0 Å². The average Bonchev–Trinajstić information content (AvgIpc) is 2.87. The van der Waals surface area contributed by atoms with E-state index in [-0.39, 0.29) is 5.54 Å². The molecule has 2 heteroatoms. The van der Waals surface area contributed by atoms with Crippen LogP contribution >= 0.6 is 0 Å². The average molecular weight is 178 g/mol. The van der Waals surface area contributed by atoms with Crippen LogP contribution in [0.2, 0.25) is 0 Å². The van der Waals surface area contributed by atoms with Crippen molar-refractivity contribution in [1.29, 1.82) is 0 Å². The van der Waals surface area contributed by atoms with Gasteiger partial charge in [0.25, 0.3) is 0 Å². The molecule has 0 radical (unpaired) electrons. The van der Waals surface area contributed by atoms with Crippen LogP contribution < -0.4 is 0 Å². The molecule has 0 N–H and O–H groups in total. The van der Waals surface area contributed by atoms with E-state index in [4.69, 9.17) is 0 Å². The minimum absolute atomic E-state index is 0.103. The molecule has 1 saturated heterocycles. The van der Waals surface area contributed by atoms with E-state index in [9.17, 15) is 0 Å². The highest BCUT2D eigenvalue weighted by Gasteiger charge is 2.69. The summed E-state index contributed by atoms with van der Waals surface area (Å²) in [5.41, 5.74) is -0.103. The molecular formula is C11H18N2. The quantitative estimate of drug-likeness (QED) is 0.473. The van der Waals surface area contributed by atoms with Gasteiger partial charge in [-0.3, -0.25) is 9.89 Å². The second kappa shape index (κ2) is 2.44. The minimum Gasteiger partial charge on any atom is -0.300 e. The van der Waals surface area contributed by atoms with Crippen LogP contribution in [0.5, 0.6) is 0 Å². The van der Waals surface area contributed by atoms with E-state index in [0.717, 1.165) is 18.0 Å². The predicted octanol–water partition coefficient (Wildman–Crippen LogP) is 1.58. The summed E-state index contributed by atoms with van der Waals surface area (Å²) in [5, 5.41) is 0. The molecule has 0 spiro atoms. The van der Waals surface area contributed by atoms with Crippen LogP contribution in [-0.2, 0) is 0 Å². The van der Waals surface area contributed by atoms with Crippen LogP contribution in [-0.4, -0.2) is 36.3 Å². The maximum atomic E-state index is 4.22. The smallest absolute Gasteiger partial charge is 0.0796 e. The first-order chi connectivity index (χ1) is 6.06. The van der Waals surface area contributed by atoms with Crippen molar-refractivity contribution in [3.05, 3.63) is 12.7 Å². The Morgan fingerprint density at radius 2 is 2.15 bits per heavy atom. The Labute approximate surface area is 80.3 Å². The third-order valence-corrected chi connectivity index (χ3v) is 4.13. The lowest BCUT2D eigenvalue weighted by Gasteiger charge is -2.33. The minimum atomic E-state index is -0.103. The Bertz CT molecular complexity index is 237. The predicted molar refractivity (Wildman–Crippen MR) is 56.1 cm³/mol. The Kier molecular flexibility index (Phi) is 1.68. The summed E-state index contributed by atoms with van der Waals surface area (Å²) in [6.45, 7) is 12.0. The second-order valence-corrected chi connectivity index (χ2v) is 4.59. The SMILES string of the molecule is C=C[C@@](C)(N=C)C1C2C(C)N(C)[C@H]21. The standard InChI is InChI=1S/C11H18N2/c1-6-11(3,12-4)9-8-7(2)13(5)10(8)9/h6-10H,1,4H2,2-3,5H3/t7?,8?,9?,10-,11-/m1/s1. The van der Waals surface area contributed by atoms with Crippen LogP contribution in [0.15, 0.2) is 17.6 Å². The van der Waals surface area contributed by atoms with Crippen LogP contribution in [0, 0.1) is 11.8 Å². The normalized spacial score (nSPS) is 47.0. The molecular weight excluding hydrogens is 160 g/mol. The highest BCUT2D eigenvalue weighted by molar-refractivity contribution is 5.34. The first kappa shape index (κ1) is 8.95. The van der Waals surface area contributed by atoms with Crippen molar-refractivity contribution in [2.24, 2.45) is 16.8 Å². The Morgan fingerprint density at radius 3 is 2.46 bits per heavy atom. The van der Waals surface area contributed by atoms with Crippen molar-refractivity contribution >= 4 is 6.72 Å². The molecule has 2 fully saturated rings. The van der Waals surface area contributed by atoms with Gasteiger partial charge < -0.3 is 0 Å². The number of likely N-dealkylation sites (tertiary alicyclic amines) is 1. The highest BCUT2D eigenvalue weighted by Crippen LogP contribution is 2.61. The molecule has 13 heavy (non-hydrogen) atoms. The number of fused-ring (bicyclic) bond motifs is 1. The number of hydrogen-bond acceptors (Lipinski definition) is 2. The fourth-order valence-electron chi connectivity index (χ4n) is 2.91. The maximum Gasteiger partial charge on any atom is 0.0796 e. The van der Waals surface area contributed by atoms with Crippen molar-refractivity contribution in [3.8, 4) is 0 Å². The van der Waals surface area contributed by atoms with Crippen molar-refractivity contribution in [2.75, 3.05) is 7.05 Å². The largest absolute Gasteiger partial charge is 0.300 e. The molecule has 5 atom stereocenters. The van der Waals surface area contributed by atoms with Crippen LogP contribution in [0.3, 0.4) is 0 Å². The monoisotopic (exact) mass is 178 g/mol. The topological polar surface area (TPSA) is 15.6 Å². The number of hydrogen-bond donors (Lipinski definition) is 0. The summed E-state index contributed by atoms with van der Waals surface area (Å²) >= 11 is 0. The third kappa shape index (κ3) is 0.896. The highest BCUT2D eigenvalue weighted by atomic mass is 15.3. The lowest BCUT2D eigenvalue weighted by molar-refractivity contribution is 0.130. The summed E-state index contributed by atoms with van der Waals surface area (Å²) in [4.78, 5) is 6.65. The summed E-state index contributed by atoms with van der Waals surface area (Å²) in [6.07, 6.45) is 1.95. The van der Waals surface area contributed by atoms with E-state index in [0.29, 0.717) is 5.92 Å². The third-order valence-electron chi connectivity index (χ3n) is 4.13. The molecule has 0 bridgehead atoms. The second-order valence-electron chi connectivity index (χ2n) is 4.59. The molecule has 0 amide bonds. The van der Waals surface area contributed by atoms with Crippen molar-refractivity contribution in [3.63, 3.8) is 0 Å². The van der Waals surface area contributed by atoms with Gasteiger partial charge in [-0.05, 0) is 33.5 Å². The fourth-order valence-corrected chi connectivity index (χ4v) is 2.91. The van der Waals surface area contributed by atoms with E-state index in [1.54, 1.807) is 0 Å². The lowest BCUT2D eigenvalue weighted by Crippen LogP contribution is -2.44. The van der Waals surface area contributed by atoms with Gasteiger partial charge in [0.1, 0.15) is 0 Å². The van der Waals surface area contributed by atoms with Crippen molar-refractivity contribution in [2.45, 2.75) is 31.5 Å². The summed E-state index contributed by atoms with van der Waals surface area (Å²) in [5.74, 6) is 1.49. The van der Waals surface area contributed by atoms with Gasteiger partial charge in [0.05, 0.1) is 5.54 Å². The van der Waals surface area contributed by atoms with Gasteiger partial charge in [0, 0.05) is 18.0 Å². The molecule has 0 aromatic rings. The van der Waals surface area contributed by atoms with E-state index in [1.807, 2.05) is 6.08 Å². The van der Waals surface area contributed by atoms with E-state index in [2.05, 4.69) is 44.1 Å². The molecule has 1 saturated carbocycles. The first-order valence-corrected chi connectivity index (χ1v) is 4.90. The zero-order valence-electron chi connectivity index (χ0n) is 8.70. The zero-order chi connectivity index (χ0) is 9.80. The van der Waals surface area contributed by atoms with Gasteiger partial charge in [-0.25, -0.2) is 0 Å². The van der Waals surface area contributed by atoms with Crippen molar-refractivity contribution in [1.82, 2.24) is 4.90 Å². The number of aliphatic imine (C=N–C) groups is 1. The van der Waals surface area contributed by atoms with Gasteiger partial charge in [-0.15, -0.1) is 6.58 Å². The van der Waals surface area contributed by atoms with Crippen LogP contribution in [0.4, 0.5) is 0 Å². The van der Waals surface area contributed by atoms with Gasteiger partial charge >= 0.3 is 0 Å². The molecule has 2 nitrogen and oxygen atoms in total. The molecule has 2 rings (SSSR count). The van der Waals surface area contributed by atoms with Gasteiger partial charge in [0.2, 0.25) is 0 Å². The first-order valence-electron chi connectivity index (χ1n) is 4.90. The molecule has 0 aromatic carbocycles. The molecule has 72 valence electrons. The van der Waals surface area contributed by atoms with Gasteiger partial charge in [0.15, 0.2) is 0 Å². The van der Waals surface area contributed by atoms with Crippen LogP contribution in [0.25, 0.3) is 0 Å². The maximum absolute atomic E-state index is 4.22. The van der Waals surface area contributed by atoms with Gasteiger partial charge in [-0.2, -0.15) is 0 Å². The molecule has 3 unspecified atom stereocenters. The Hall–Kier alpha value is -0.630. The fraction of sp³-hybridized carbons (Fsp3) is 0.727. The Balaban J connectivity index is 2.14. The number of nitrogens with zero attached hydrogens (tertiary/aromatic N) is 2. The van der Waals surface area contributed by atoms with Crippen molar-refractivity contribution < 1.29 is 0 Å². The summed E-state index contributed by atoms with van der Waals surface area (Å²) in [6, 6.07) is 1.46. The summed E-state index contributed by atoms with van der Waals surface area (Å²) < 4.78 is 0. The molecule has 1 aliphatic carbocycles. The zero-order valence-corrected chi connectivity index (χ0v) is 8.70.